The molecule has 21 heavy (non-hydrogen) atoms. The van der Waals surface area contributed by atoms with E-state index in [1.165, 1.54) is 18.2 Å². The van der Waals surface area contributed by atoms with E-state index in [0.29, 0.717) is 0 Å². The Balaban J connectivity index is 2.40. The topological polar surface area (TPSA) is 78.4 Å². The maximum atomic E-state index is 13.2. The van der Waals surface area contributed by atoms with Crippen LogP contribution in [0, 0.1) is 5.82 Å². The molecule has 9 heteroatoms. The first-order valence-corrected chi connectivity index (χ1v) is 5.76. The van der Waals surface area contributed by atoms with Gasteiger partial charge < -0.3 is 15.7 Å². The molecule has 0 aliphatic rings. The number of aliphatic hydroxyl groups excluding tert-OH is 1. The number of aliphatic hydroxyl groups is 1. The molecule has 5 nitrogen and oxygen atoms in total. The molecule has 1 aromatic rings. The van der Waals surface area contributed by atoms with Crippen LogP contribution in [-0.4, -0.2) is 42.3 Å². The third-order valence-corrected chi connectivity index (χ3v) is 2.40. The summed E-state index contributed by atoms with van der Waals surface area (Å²) in [5.74, 6) is -2.61. The van der Waals surface area contributed by atoms with Gasteiger partial charge in [0, 0.05) is 0 Å². The molecule has 0 saturated heterocycles. The van der Waals surface area contributed by atoms with E-state index < -0.39 is 43.0 Å². The minimum Gasteiger partial charge on any atom is -0.382 e. The zero-order valence-electron chi connectivity index (χ0n) is 10.6. The Labute approximate surface area is 117 Å². The number of halogens is 4. The van der Waals surface area contributed by atoms with Gasteiger partial charge in [0.1, 0.15) is 5.82 Å². The number of hydrogen-bond donors (Lipinski definition) is 3. The van der Waals surface area contributed by atoms with Crippen molar-refractivity contribution in [3.8, 4) is 0 Å². The van der Waals surface area contributed by atoms with Crippen LogP contribution in [0.4, 0.5) is 17.6 Å². The Bertz CT molecular complexity index is 519. The second-order valence-electron chi connectivity index (χ2n) is 4.02. The molecule has 0 spiro atoms. The molecule has 0 fully saturated rings. The van der Waals surface area contributed by atoms with Crippen LogP contribution < -0.4 is 10.6 Å². The largest absolute Gasteiger partial charge is 0.416 e. The number of carbonyl (C=O) groups is 2. The number of benzene rings is 1. The monoisotopic (exact) mass is 308 g/mol. The Morgan fingerprint density at radius 3 is 2.38 bits per heavy atom. The van der Waals surface area contributed by atoms with Gasteiger partial charge in [0.2, 0.25) is 5.91 Å². The molecule has 0 aliphatic heterocycles. The number of nitrogens with one attached hydrogen (secondary N) is 2. The van der Waals surface area contributed by atoms with Crippen molar-refractivity contribution >= 4 is 11.8 Å². The lowest BCUT2D eigenvalue weighted by Crippen LogP contribution is -2.44. The maximum Gasteiger partial charge on any atom is 0.416 e. The lowest BCUT2D eigenvalue weighted by atomic mass is 10.2. The van der Waals surface area contributed by atoms with Crippen LogP contribution in [0.2, 0.25) is 0 Å². The van der Waals surface area contributed by atoms with Gasteiger partial charge in [0.25, 0.3) is 5.91 Å². The highest BCUT2D eigenvalue weighted by Gasteiger charge is 2.38. The lowest BCUT2D eigenvalue weighted by Gasteiger charge is -2.15. The summed E-state index contributed by atoms with van der Waals surface area (Å²) in [6, 6.07) is 5.03. The third kappa shape index (κ3) is 5.38. The second kappa shape index (κ2) is 7.02. The molecule has 0 aliphatic carbocycles. The third-order valence-electron chi connectivity index (χ3n) is 2.40. The van der Waals surface area contributed by atoms with E-state index in [1.54, 1.807) is 5.32 Å². The number of rotatable bonds is 5. The normalized spacial score (nSPS) is 12.6. The summed E-state index contributed by atoms with van der Waals surface area (Å²) in [7, 11) is 0. The SMILES string of the molecule is O=C(CNC(=O)c1ccccc1F)NCC(O)C(F)(F)F. The molecule has 1 rings (SSSR count). The van der Waals surface area contributed by atoms with Crippen molar-refractivity contribution in [2.75, 3.05) is 13.1 Å². The van der Waals surface area contributed by atoms with Gasteiger partial charge in [-0.05, 0) is 12.1 Å². The van der Waals surface area contributed by atoms with Crippen LogP contribution >= 0.6 is 0 Å². The summed E-state index contributed by atoms with van der Waals surface area (Å²) < 4.78 is 49.1. The molecule has 0 bridgehead atoms. The fourth-order valence-corrected chi connectivity index (χ4v) is 1.29. The Morgan fingerprint density at radius 2 is 1.81 bits per heavy atom. The van der Waals surface area contributed by atoms with Gasteiger partial charge >= 0.3 is 6.18 Å². The number of amides is 2. The van der Waals surface area contributed by atoms with Crippen molar-refractivity contribution in [1.82, 2.24) is 10.6 Å². The Morgan fingerprint density at radius 1 is 1.19 bits per heavy atom. The molecule has 1 unspecified atom stereocenters. The summed E-state index contributed by atoms with van der Waals surface area (Å²) in [5.41, 5.74) is -0.291. The minimum atomic E-state index is -4.84. The molecule has 0 saturated carbocycles. The van der Waals surface area contributed by atoms with Crippen molar-refractivity contribution in [3.05, 3.63) is 35.6 Å². The van der Waals surface area contributed by atoms with Gasteiger partial charge in [-0.25, -0.2) is 4.39 Å². The predicted octanol–water partition coefficient (Wildman–Crippen LogP) is 0.595. The average molecular weight is 308 g/mol. The zero-order valence-corrected chi connectivity index (χ0v) is 10.6. The van der Waals surface area contributed by atoms with E-state index in [1.807, 2.05) is 5.32 Å². The van der Waals surface area contributed by atoms with Crippen molar-refractivity contribution in [3.63, 3.8) is 0 Å². The summed E-state index contributed by atoms with van der Waals surface area (Å²) in [6.45, 7) is -1.67. The summed E-state index contributed by atoms with van der Waals surface area (Å²) >= 11 is 0. The number of alkyl halides is 3. The Hall–Kier alpha value is -2.16. The van der Waals surface area contributed by atoms with Crippen molar-refractivity contribution in [1.29, 1.82) is 0 Å². The minimum absolute atomic E-state index is 0.291. The standard InChI is InChI=1S/C12H12F4N2O3/c13-8-4-2-1-3-7(8)11(21)18-6-10(20)17-5-9(19)12(14,15)16/h1-4,9,19H,5-6H2,(H,17,20)(H,18,21). The molecular formula is C12H12F4N2O3. The average Bonchev–Trinajstić information content (AvgIpc) is 2.41. The summed E-state index contributed by atoms with van der Waals surface area (Å²) in [6.07, 6.45) is -7.53. The van der Waals surface area contributed by atoms with Crippen LogP contribution in [0.3, 0.4) is 0 Å². The number of hydrogen-bond acceptors (Lipinski definition) is 3. The maximum absolute atomic E-state index is 13.2. The van der Waals surface area contributed by atoms with E-state index in [0.717, 1.165) is 6.07 Å². The Kier molecular flexibility index (Phi) is 5.65. The van der Waals surface area contributed by atoms with Crippen molar-refractivity contribution in [2.24, 2.45) is 0 Å². The first-order valence-electron chi connectivity index (χ1n) is 5.76. The molecule has 0 radical (unpaired) electrons. The van der Waals surface area contributed by atoms with Gasteiger partial charge in [0.05, 0.1) is 18.7 Å². The van der Waals surface area contributed by atoms with E-state index in [9.17, 15) is 27.2 Å². The van der Waals surface area contributed by atoms with Gasteiger partial charge in [0.15, 0.2) is 6.10 Å². The molecule has 1 atom stereocenters. The molecule has 0 heterocycles. The highest BCUT2D eigenvalue weighted by Crippen LogP contribution is 2.19. The lowest BCUT2D eigenvalue weighted by molar-refractivity contribution is -0.201. The molecule has 116 valence electrons. The van der Waals surface area contributed by atoms with Gasteiger partial charge in [-0.3, -0.25) is 9.59 Å². The van der Waals surface area contributed by atoms with E-state index in [-0.39, 0.29) is 5.56 Å². The van der Waals surface area contributed by atoms with E-state index in [2.05, 4.69) is 0 Å². The highest BCUT2D eigenvalue weighted by atomic mass is 19.4. The molecule has 2 amide bonds. The zero-order chi connectivity index (χ0) is 16.0. The van der Waals surface area contributed by atoms with Crippen LogP contribution in [0.25, 0.3) is 0 Å². The summed E-state index contributed by atoms with van der Waals surface area (Å²) in [4.78, 5) is 22.7. The smallest absolute Gasteiger partial charge is 0.382 e. The molecule has 0 aromatic heterocycles. The molecular weight excluding hydrogens is 296 g/mol. The van der Waals surface area contributed by atoms with E-state index >= 15 is 0 Å². The highest BCUT2D eigenvalue weighted by molar-refractivity contribution is 5.96. The second-order valence-corrected chi connectivity index (χ2v) is 4.02. The fraction of sp³-hybridized carbons (Fsp3) is 0.333. The molecule has 1 aromatic carbocycles. The molecule has 3 N–H and O–H groups in total. The van der Waals surface area contributed by atoms with Gasteiger partial charge in [-0.15, -0.1) is 0 Å². The predicted molar refractivity (Wildman–Crippen MR) is 63.8 cm³/mol. The first kappa shape index (κ1) is 16.9. The quantitative estimate of drug-likeness (QED) is 0.697. The van der Waals surface area contributed by atoms with Crippen LogP contribution in [0.1, 0.15) is 10.4 Å². The summed E-state index contributed by atoms with van der Waals surface area (Å²) in [5, 5.41) is 12.5. The van der Waals surface area contributed by atoms with Crippen LogP contribution in [0.15, 0.2) is 24.3 Å². The van der Waals surface area contributed by atoms with Crippen LogP contribution in [-0.2, 0) is 4.79 Å². The van der Waals surface area contributed by atoms with Crippen molar-refractivity contribution in [2.45, 2.75) is 12.3 Å². The van der Waals surface area contributed by atoms with Gasteiger partial charge in [-0.1, -0.05) is 12.1 Å². The van der Waals surface area contributed by atoms with Crippen LogP contribution in [0.5, 0.6) is 0 Å². The van der Waals surface area contributed by atoms with E-state index in [4.69, 9.17) is 5.11 Å². The first-order chi connectivity index (χ1) is 9.71. The van der Waals surface area contributed by atoms with Gasteiger partial charge in [-0.2, -0.15) is 13.2 Å². The fourth-order valence-electron chi connectivity index (χ4n) is 1.29. The van der Waals surface area contributed by atoms with Crippen molar-refractivity contribution < 1.29 is 32.3 Å². The number of carbonyl (C=O) groups excluding carboxylic acids is 2.